The van der Waals surface area contributed by atoms with Gasteiger partial charge in [-0.1, -0.05) is 35.9 Å². The highest BCUT2D eigenvalue weighted by Crippen LogP contribution is 2.22. The van der Waals surface area contributed by atoms with E-state index in [1.807, 2.05) is 37.3 Å². The molecule has 0 saturated carbocycles. The summed E-state index contributed by atoms with van der Waals surface area (Å²) in [5, 5.41) is 4.06. The molecule has 0 amide bonds. The first-order valence-electron chi connectivity index (χ1n) is 6.42. The first kappa shape index (κ1) is 14.8. The second kappa shape index (κ2) is 6.73. The van der Waals surface area contributed by atoms with E-state index >= 15 is 0 Å². The smallest absolute Gasteiger partial charge is 0.165 e. The molecule has 20 heavy (non-hydrogen) atoms. The molecule has 1 unspecified atom stereocenters. The Balaban J connectivity index is 2.03. The van der Waals surface area contributed by atoms with Crippen molar-refractivity contribution in [2.45, 2.75) is 19.5 Å². The van der Waals surface area contributed by atoms with Crippen molar-refractivity contribution in [1.82, 2.24) is 5.32 Å². The van der Waals surface area contributed by atoms with Crippen LogP contribution >= 0.6 is 11.6 Å². The molecule has 1 N–H and O–H groups in total. The minimum atomic E-state index is -0.351. The van der Waals surface area contributed by atoms with Crippen molar-refractivity contribution in [2.24, 2.45) is 0 Å². The van der Waals surface area contributed by atoms with Gasteiger partial charge < -0.3 is 10.1 Å². The number of halogens is 2. The summed E-state index contributed by atoms with van der Waals surface area (Å²) in [6.07, 6.45) is 0. The van der Waals surface area contributed by atoms with Crippen molar-refractivity contribution in [1.29, 1.82) is 0 Å². The fraction of sp³-hybridized carbons (Fsp3) is 0.250. The fourth-order valence-electron chi connectivity index (χ4n) is 1.97. The van der Waals surface area contributed by atoms with Gasteiger partial charge in [0.1, 0.15) is 0 Å². The summed E-state index contributed by atoms with van der Waals surface area (Å²) in [7, 11) is 1.46. The molecule has 2 rings (SSSR count). The minimum absolute atomic E-state index is 0.0201. The van der Waals surface area contributed by atoms with Crippen molar-refractivity contribution in [3.05, 3.63) is 64.4 Å². The van der Waals surface area contributed by atoms with Crippen molar-refractivity contribution in [3.8, 4) is 5.75 Å². The molecule has 0 spiro atoms. The average Bonchev–Trinajstić information content (AvgIpc) is 2.46. The molecule has 0 heterocycles. The standard InChI is InChI=1S/C16H17ClFNO/c1-11(12-7-8-16(20-2)15(18)9-12)19-10-13-5-3-4-6-14(13)17/h3-9,11,19H,10H2,1-2H3. The second-order valence-electron chi connectivity index (χ2n) is 4.59. The molecular weight excluding hydrogens is 277 g/mol. The maximum absolute atomic E-state index is 13.7. The topological polar surface area (TPSA) is 21.3 Å². The fourth-order valence-corrected chi connectivity index (χ4v) is 2.18. The van der Waals surface area contributed by atoms with Crippen molar-refractivity contribution < 1.29 is 9.13 Å². The van der Waals surface area contributed by atoms with Crippen LogP contribution in [0.4, 0.5) is 4.39 Å². The zero-order chi connectivity index (χ0) is 14.5. The van der Waals surface area contributed by atoms with Crippen molar-refractivity contribution in [2.75, 3.05) is 7.11 Å². The SMILES string of the molecule is COc1ccc(C(C)NCc2ccccc2Cl)cc1F. The number of rotatable bonds is 5. The lowest BCUT2D eigenvalue weighted by Gasteiger charge is -2.15. The summed E-state index contributed by atoms with van der Waals surface area (Å²) in [5.41, 5.74) is 1.89. The van der Waals surface area contributed by atoms with Gasteiger partial charge in [-0.3, -0.25) is 0 Å². The normalized spacial score (nSPS) is 12.2. The van der Waals surface area contributed by atoms with E-state index in [4.69, 9.17) is 16.3 Å². The number of nitrogens with one attached hydrogen (secondary N) is 1. The van der Waals surface area contributed by atoms with Gasteiger partial charge in [0.25, 0.3) is 0 Å². The molecule has 0 aliphatic rings. The van der Waals surface area contributed by atoms with E-state index in [2.05, 4.69) is 5.32 Å². The summed E-state index contributed by atoms with van der Waals surface area (Å²) in [5.74, 6) is -0.0940. The van der Waals surface area contributed by atoms with Crippen LogP contribution in [0.1, 0.15) is 24.1 Å². The van der Waals surface area contributed by atoms with E-state index in [-0.39, 0.29) is 17.6 Å². The third-order valence-corrected chi connectivity index (χ3v) is 3.60. The Labute approximate surface area is 123 Å². The molecular formula is C16H17ClFNO. The molecule has 106 valence electrons. The molecule has 2 aromatic carbocycles. The van der Waals surface area contributed by atoms with Crippen LogP contribution in [0.15, 0.2) is 42.5 Å². The zero-order valence-electron chi connectivity index (χ0n) is 11.5. The van der Waals surface area contributed by atoms with Gasteiger partial charge >= 0.3 is 0 Å². The first-order valence-corrected chi connectivity index (χ1v) is 6.80. The van der Waals surface area contributed by atoms with Crippen LogP contribution in [0.5, 0.6) is 5.75 Å². The summed E-state index contributed by atoms with van der Waals surface area (Å²) >= 11 is 6.10. The third kappa shape index (κ3) is 3.50. The van der Waals surface area contributed by atoms with Crippen LogP contribution in [0.2, 0.25) is 5.02 Å². The largest absolute Gasteiger partial charge is 0.494 e. The van der Waals surface area contributed by atoms with Crippen LogP contribution in [-0.2, 0) is 6.54 Å². The molecule has 2 nitrogen and oxygen atoms in total. The summed E-state index contributed by atoms with van der Waals surface area (Å²) in [4.78, 5) is 0. The Morgan fingerprint density at radius 2 is 2.00 bits per heavy atom. The molecule has 0 fully saturated rings. The first-order chi connectivity index (χ1) is 9.61. The summed E-state index contributed by atoms with van der Waals surface area (Å²) < 4.78 is 18.6. The highest BCUT2D eigenvalue weighted by atomic mass is 35.5. The Morgan fingerprint density at radius 3 is 2.65 bits per heavy atom. The average molecular weight is 294 g/mol. The predicted octanol–water partition coefficient (Wildman–Crippen LogP) is 4.34. The van der Waals surface area contributed by atoms with Gasteiger partial charge in [-0.25, -0.2) is 4.39 Å². The van der Waals surface area contributed by atoms with E-state index < -0.39 is 0 Å². The number of ether oxygens (including phenoxy) is 1. The second-order valence-corrected chi connectivity index (χ2v) is 5.00. The highest BCUT2D eigenvalue weighted by Gasteiger charge is 2.09. The maximum Gasteiger partial charge on any atom is 0.165 e. The predicted molar refractivity (Wildman–Crippen MR) is 79.7 cm³/mol. The van der Waals surface area contributed by atoms with E-state index in [9.17, 15) is 4.39 Å². The van der Waals surface area contributed by atoms with Crippen molar-refractivity contribution >= 4 is 11.6 Å². The van der Waals surface area contributed by atoms with Gasteiger partial charge in [0.2, 0.25) is 0 Å². The zero-order valence-corrected chi connectivity index (χ0v) is 12.2. The molecule has 0 aromatic heterocycles. The van der Waals surface area contributed by atoms with Crippen LogP contribution < -0.4 is 10.1 Å². The molecule has 0 aliphatic heterocycles. The lowest BCUT2D eigenvalue weighted by atomic mass is 10.1. The molecule has 0 radical (unpaired) electrons. The monoisotopic (exact) mass is 293 g/mol. The lowest BCUT2D eigenvalue weighted by Crippen LogP contribution is -2.18. The van der Waals surface area contributed by atoms with E-state index in [1.165, 1.54) is 13.2 Å². The molecule has 0 saturated heterocycles. The van der Waals surface area contributed by atoms with Gasteiger partial charge in [-0.15, -0.1) is 0 Å². The van der Waals surface area contributed by atoms with Gasteiger partial charge in [0, 0.05) is 17.6 Å². The van der Waals surface area contributed by atoms with Crippen molar-refractivity contribution in [3.63, 3.8) is 0 Å². The number of hydrogen-bond donors (Lipinski definition) is 1. The van der Waals surface area contributed by atoms with Crippen LogP contribution in [-0.4, -0.2) is 7.11 Å². The summed E-state index contributed by atoms with van der Waals surface area (Å²) in [6.45, 7) is 2.62. The molecule has 1 atom stereocenters. The number of benzene rings is 2. The lowest BCUT2D eigenvalue weighted by molar-refractivity contribution is 0.385. The maximum atomic E-state index is 13.7. The van der Waals surface area contributed by atoms with E-state index in [0.29, 0.717) is 6.54 Å². The molecule has 0 bridgehead atoms. The summed E-state index contributed by atoms with van der Waals surface area (Å²) in [6, 6.07) is 12.7. The van der Waals surface area contributed by atoms with Gasteiger partial charge in [0.05, 0.1) is 7.11 Å². The highest BCUT2D eigenvalue weighted by molar-refractivity contribution is 6.31. The van der Waals surface area contributed by atoms with Gasteiger partial charge in [-0.2, -0.15) is 0 Å². The molecule has 0 aliphatic carbocycles. The Morgan fingerprint density at radius 1 is 1.25 bits per heavy atom. The minimum Gasteiger partial charge on any atom is -0.494 e. The van der Waals surface area contributed by atoms with Gasteiger partial charge in [-0.05, 0) is 36.2 Å². The molecule has 4 heteroatoms. The Bertz CT molecular complexity index is 588. The Hall–Kier alpha value is -1.58. The van der Waals surface area contributed by atoms with Gasteiger partial charge in [0.15, 0.2) is 11.6 Å². The van der Waals surface area contributed by atoms with Crippen LogP contribution in [0, 0.1) is 5.82 Å². The molecule has 2 aromatic rings. The van der Waals surface area contributed by atoms with Crippen LogP contribution in [0.25, 0.3) is 0 Å². The number of hydrogen-bond acceptors (Lipinski definition) is 2. The van der Waals surface area contributed by atoms with Crippen LogP contribution in [0.3, 0.4) is 0 Å². The van der Waals surface area contributed by atoms with E-state index in [0.717, 1.165) is 16.1 Å². The Kier molecular flexibility index (Phi) is 4.99. The number of methoxy groups -OCH3 is 1. The third-order valence-electron chi connectivity index (χ3n) is 3.23. The van der Waals surface area contributed by atoms with E-state index in [1.54, 1.807) is 6.07 Å². The quantitative estimate of drug-likeness (QED) is 0.885.